The standard InChI is InChI=1S/C14H18N2O3/c1-18-12-6-5-11(10-13(12)19-2)7-9-16-14(17)4-3-8-15/h5-6,10H,3-4,7,9H2,1-2H3,(H,16,17). The summed E-state index contributed by atoms with van der Waals surface area (Å²) < 4.78 is 10.4. The van der Waals surface area contributed by atoms with E-state index in [9.17, 15) is 4.79 Å². The lowest BCUT2D eigenvalue weighted by Crippen LogP contribution is -2.25. The topological polar surface area (TPSA) is 71.3 Å². The Bertz CT molecular complexity index is 466. The highest BCUT2D eigenvalue weighted by atomic mass is 16.5. The third kappa shape index (κ3) is 4.88. The van der Waals surface area contributed by atoms with Crippen LogP contribution < -0.4 is 14.8 Å². The third-order valence-corrected chi connectivity index (χ3v) is 2.65. The second-order valence-electron chi connectivity index (χ2n) is 3.95. The number of benzene rings is 1. The van der Waals surface area contributed by atoms with Crippen LogP contribution in [0.3, 0.4) is 0 Å². The summed E-state index contributed by atoms with van der Waals surface area (Å²) >= 11 is 0. The van der Waals surface area contributed by atoms with Crippen LogP contribution in [0.4, 0.5) is 0 Å². The van der Waals surface area contributed by atoms with Gasteiger partial charge in [0.15, 0.2) is 11.5 Å². The molecule has 0 aliphatic rings. The molecule has 0 aromatic heterocycles. The fourth-order valence-electron chi connectivity index (χ4n) is 1.64. The molecule has 0 aliphatic carbocycles. The molecule has 0 aliphatic heterocycles. The summed E-state index contributed by atoms with van der Waals surface area (Å²) in [5.41, 5.74) is 1.05. The van der Waals surface area contributed by atoms with Crippen molar-refractivity contribution in [3.05, 3.63) is 23.8 Å². The van der Waals surface area contributed by atoms with Crippen LogP contribution in [0, 0.1) is 11.3 Å². The number of ether oxygens (including phenoxy) is 2. The highest BCUT2D eigenvalue weighted by molar-refractivity contribution is 5.76. The first kappa shape index (κ1) is 14.8. The van der Waals surface area contributed by atoms with E-state index in [1.807, 2.05) is 24.3 Å². The molecule has 1 aromatic rings. The van der Waals surface area contributed by atoms with E-state index in [2.05, 4.69) is 5.32 Å². The average Bonchev–Trinajstić information content (AvgIpc) is 2.44. The molecule has 0 bridgehead atoms. The van der Waals surface area contributed by atoms with Gasteiger partial charge in [-0.15, -0.1) is 0 Å². The van der Waals surface area contributed by atoms with Gasteiger partial charge in [-0.25, -0.2) is 0 Å². The number of rotatable bonds is 7. The Hall–Kier alpha value is -2.22. The third-order valence-electron chi connectivity index (χ3n) is 2.65. The molecule has 102 valence electrons. The number of methoxy groups -OCH3 is 2. The van der Waals surface area contributed by atoms with Crippen molar-refractivity contribution in [2.24, 2.45) is 0 Å². The van der Waals surface area contributed by atoms with E-state index in [1.54, 1.807) is 14.2 Å². The van der Waals surface area contributed by atoms with E-state index in [1.165, 1.54) is 0 Å². The smallest absolute Gasteiger partial charge is 0.221 e. The van der Waals surface area contributed by atoms with Gasteiger partial charge in [0.25, 0.3) is 0 Å². The number of hydrogen-bond donors (Lipinski definition) is 1. The Morgan fingerprint density at radius 1 is 1.32 bits per heavy atom. The maximum Gasteiger partial charge on any atom is 0.221 e. The lowest BCUT2D eigenvalue weighted by Gasteiger charge is -2.10. The molecule has 0 saturated heterocycles. The summed E-state index contributed by atoms with van der Waals surface area (Å²) in [6, 6.07) is 7.60. The molecule has 0 fully saturated rings. The number of hydrogen-bond acceptors (Lipinski definition) is 4. The van der Waals surface area contributed by atoms with E-state index >= 15 is 0 Å². The largest absolute Gasteiger partial charge is 0.493 e. The van der Waals surface area contributed by atoms with Crippen LogP contribution in [0.1, 0.15) is 18.4 Å². The zero-order valence-corrected chi connectivity index (χ0v) is 11.2. The predicted molar refractivity (Wildman–Crippen MR) is 71.1 cm³/mol. The highest BCUT2D eigenvalue weighted by Gasteiger charge is 2.05. The first-order valence-electron chi connectivity index (χ1n) is 6.05. The Kier molecular flexibility index (Phi) is 6.23. The lowest BCUT2D eigenvalue weighted by atomic mass is 10.1. The quantitative estimate of drug-likeness (QED) is 0.811. The Morgan fingerprint density at radius 3 is 2.68 bits per heavy atom. The minimum absolute atomic E-state index is 0.0953. The number of nitrogens with one attached hydrogen (secondary N) is 1. The fourth-order valence-corrected chi connectivity index (χ4v) is 1.64. The molecule has 19 heavy (non-hydrogen) atoms. The summed E-state index contributed by atoms with van der Waals surface area (Å²) in [6.07, 6.45) is 1.21. The summed E-state index contributed by atoms with van der Waals surface area (Å²) in [7, 11) is 3.18. The van der Waals surface area contributed by atoms with E-state index in [-0.39, 0.29) is 18.7 Å². The van der Waals surface area contributed by atoms with E-state index in [0.29, 0.717) is 24.5 Å². The van der Waals surface area contributed by atoms with Gasteiger partial charge in [0, 0.05) is 19.4 Å². The van der Waals surface area contributed by atoms with Crippen molar-refractivity contribution in [3.63, 3.8) is 0 Å². The van der Waals surface area contributed by atoms with Gasteiger partial charge in [0.2, 0.25) is 5.91 Å². The summed E-state index contributed by atoms with van der Waals surface area (Å²) in [6.45, 7) is 0.541. The second-order valence-corrected chi connectivity index (χ2v) is 3.95. The van der Waals surface area contributed by atoms with Crippen molar-refractivity contribution in [2.45, 2.75) is 19.3 Å². The molecule has 0 unspecified atom stereocenters. The van der Waals surface area contributed by atoms with Crippen LogP contribution in [-0.4, -0.2) is 26.7 Å². The Morgan fingerprint density at radius 2 is 2.05 bits per heavy atom. The molecule has 0 radical (unpaired) electrons. The van der Waals surface area contributed by atoms with Crippen molar-refractivity contribution in [2.75, 3.05) is 20.8 Å². The number of nitrogens with zero attached hydrogens (tertiary/aromatic N) is 1. The molecule has 1 aromatic carbocycles. The van der Waals surface area contributed by atoms with Crippen molar-refractivity contribution >= 4 is 5.91 Å². The molecule has 5 nitrogen and oxygen atoms in total. The molecule has 1 N–H and O–H groups in total. The van der Waals surface area contributed by atoms with Crippen LogP contribution in [0.25, 0.3) is 0 Å². The minimum Gasteiger partial charge on any atom is -0.493 e. The van der Waals surface area contributed by atoms with Gasteiger partial charge >= 0.3 is 0 Å². The molecule has 0 heterocycles. The molecular formula is C14H18N2O3. The SMILES string of the molecule is COc1ccc(CCNC(=O)CCC#N)cc1OC. The second kappa shape index (κ2) is 7.98. The highest BCUT2D eigenvalue weighted by Crippen LogP contribution is 2.27. The zero-order chi connectivity index (χ0) is 14.1. The van der Waals surface area contributed by atoms with Crippen molar-refractivity contribution in [3.8, 4) is 17.6 Å². The Labute approximate surface area is 113 Å². The van der Waals surface area contributed by atoms with Crippen LogP contribution in [0.15, 0.2) is 18.2 Å². The summed E-state index contributed by atoms with van der Waals surface area (Å²) in [5.74, 6) is 1.27. The summed E-state index contributed by atoms with van der Waals surface area (Å²) in [5, 5.41) is 11.1. The van der Waals surface area contributed by atoms with E-state index in [4.69, 9.17) is 14.7 Å². The molecule has 1 amide bonds. The number of carbonyl (C=O) groups is 1. The van der Waals surface area contributed by atoms with E-state index in [0.717, 1.165) is 5.56 Å². The number of carbonyl (C=O) groups excluding carboxylic acids is 1. The first-order chi connectivity index (χ1) is 9.21. The summed E-state index contributed by atoms with van der Waals surface area (Å²) in [4.78, 5) is 11.3. The molecular weight excluding hydrogens is 244 g/mol. The van der Waals surface area contributed by atoms with Crippen LogP contribution >= 0.6 is 0 Å². The van der Waals surface area contributed by atoms with Gasteiger partial charge in [0.1, 0.15) is 0 Å². The minimum atomic E-state index is -0.0953. The first-order valence-corrected chi connectivity index (χ1v) is 6.05. The van der Waals surface area contributed by atoms with Gasteiger partial charge in [-0.1, -0.05) is 6.07 Å². The average molecular weight is 262 g/mol. The van der Waals surface area contributed by atoms with Gasteiger partial charge in [-0.3, -0.25) is 4.79 Å². The maximum absolute atomic E-state index is 11.3. The lowest BCUT2D eigenvalue weighted by molar-refractivity contribution is -0.120. The monoisotopic (exact) mass is 262 g/mol. The van der Waals surface area contributed by atoms with Crippen molar-refractivity contribution in [1.82, 2.24) is 5.32 Å². The molecule has 0 saturated carbocycles. The Balaban J connectivity index is 2.46. The van der Waals surface area contributed by atoms with E-state index < -0.39 is 0 Å². The number of nitriles is 1. The van der Waals surface area contributed by atoms with Crippen LogP contribution in [0.2, 0.25) is 0 Å². The van der Waals surface area contributed by atoms with Crippen molar-refractivity contribution < 1.29 is 14.3 Å². The van der Waals surface area contributed by atoms with Crippen LogP contribution in [0.5, 0.6) is 11.5 Å². The van der Waals surface area contributed by atoms with Gasteiger partial charge in [-0.05, 0) is 24.1 Å². The zero-order valence-electron chi connectivity index (χ0n) is 11.2. The molecule has 0 atom stereocenters. The fraction of sp³-hybridized carbons (Fsp3) is 0.429. The number of amides is 1. The molecule has 5 heteroatoms. The van der Waals surface area contributed by atoms with Gasteiger partial charge < -0.3 is 14.8 Å². The van der Waals surface area contributed by atoms with Crippen molar-refractivity contribution in [1.29, 1.82) is 5.26 Å². The maximum atomic E-state index is 11.3. The molecule has 0 spiro atoms. The van der Waals surface area contributed by atoms with Gasteiger partial charge in [0.05, 0.1) is 20.3 Å². The van der Waals surface area contributed by atoms with Crippen LogP contribution in [-0.2, 0) is 11.2 Å². The molecule has 1 rings (SSSR count). The van der Waals surface area contributed by atoms with Gasteiger partial charge in [-0.2, -0.15) is 5.26 Å². The predicted octanol–water partition coefficient (Wildman–Crippen LogP) is 1.67. The normalized spacial score (nSPS) is 9.53.